The summed E-state index contributed by atoms with van der Waals surface area (Å²) < 4.78 is 10.5. The van der Waals surface area contributed by atoms with Gasteiger partial charge in [-0.15, -0.1) is 10.2 Å². The van der Waals surface area contributed by atoms with Crippen molar-refractivity contribution < 1.29 is 13.9 Å². The Hall–Kier alpha value is -1.47. The van der Waals surface area contributed by atoms with E-state index in [-0.39, 0.29) is 17.7 Å². The van der Waals surface area contributed by atoms with Gasteiger partial charge in [0.1, 0.15) is 0 Å². The highest BCUT2D eigenvalue weighted by atomic mass is 16.5. The highest BCUT2D eigenvalue weighted by molar-refractivity contribution is 5.89. The predicted octanol–water partition coefficient (Wildman–Crippen LogP) is 0.255. The smallest absolute Gasteiger partial charge is 0.308 e. The fourth-order valence-corrected chi connectivity index (χ4v) is 1.79. The zero-order valence-electron chi connectivity index (χ0n) is 11.4. The van der Waals surface area contributed by atoms with Gasteiger partial charge in [-0.25, -0.2) is 0 Å². The van der Waals surface area contributed by atoms with Gasteiger partial charge in [-0.2, -0.15) is 0 Å². The van der Waals surface area contributed by atoms with E-state index in [2.05, 4.69) is 20.4 Å². The Labute approximate surface area is 112 Å². The lowest BCUT2D eigenvalue weighted by molar-refractivity contribution is 0.0382. The van der Waals surface area contributed by atoms with Gasteiger partial charge in [0, 0.05) is 32.1 Å². The van der Waals surface area contributed by atoms with Gasteiger partial charge in [0.25, 0.3) is 0 Å². The summed E-state index contributed by atoms with van der Waals surface area (Å²) >= 11 is 0. The summed E-state index contributed by atoms with van der Waals surface area (Å²) in [6.45, 7) is 8.59. The molecule has 1 aromatic rings. The normalized spacial score (nSPS) is 16.8. The lowest BCUT2D eigenvalue weighted by atomic mass is 10.2. The Kier molecular flexibility index (Phi) is 4.86. The van der Waals surface area contributed by atoms with Gasteiger partial charge in [0.2, 0.25) is 5.89 Å². The topological polar surface area (TPSA) is 80.5 Å². The molecule has 0 spiro atoms. The molecule has 19 heavy (non-hydrogen) atoms. The summed E-state index contributed by atoms with van der Waals surface area (Å²) in [5.41, 5.74) is 0. The molecule has 7 nitrogen and oxygen atoms in total. The van der Waals surface area contributed by atoms with Crippen molar-refractivity contribution in [1.29, 1.82) is 0 Å². The van der Waals surface area contributed by atoms with Crippen LogP contribution >= 0.6 is 0 Å². The molecule has 0 atom stereocenters. The van der Waals surface area contributed by atoms with Crippen molar-refractivity contribution in [3.05, 3.63) is 11.8 Å². The van der Waals surface area contributed by atoms with Gasteiger partial charge in [-0.05, 0) is 0 Å². The van der Waals surface area contributed by atoms with Gasteiger partial charge in [-0.3, -0.25) is 9.69 Å². The first-order valence-corrected chi connectivity index (χ1v) is 6.58. The number of morpholine rings is 1. The first-order chi connectivity index (χ1) is 9.16. The van der Waals surface area contributed by atoms with Crippen LogP contribution in [-0.2, 0) is 4.74 Å². The molecule has 1 fully saturated rings. The number of carbonyl (C=O) groups is 1. The SMILES string of the molecule is CC(C)c1nnc(C(=O)NCCN2CCOCC2)o1. The van der Waals surface area contributed by atoms with Crippen molar-refractivity contribution in [3.63, 3.8) is 0 Å². The molecule has 0 aliphatic carbocycles. The average Bonchev–Trinajstić information content (AvgIpc) is 2.89. The standard InChI is InChI=1S/C12H20N4O3/c1-9(2)11-14-15-12(19-11)10(17)13-3-4-16-5-7-18-8-6-16/h9H,3-8H2,1-2H3,(H,13,17). The number of rotatable bonds is 5. The van der Waals surface area contributed by atoms with Crippen molar-refractivity contribution in [1.82, 2.24) is 20.4 Å². The van der Waals surface area contributed by atoms with Gasteiger partial charge in [-0.1, -0.05) is 13.8 Å². The molecule has 2 rings (SSSR count). The molecule has 1 aliphatic heterocycles. The molecule has 106 valence electrons. The van der Waals surface area contributed by atoms with Crippen LogP contribution in [0.25, 0.3) is 0 Å². The van der Waals surface area contributed by atoms with Crippen LogP contribution in [0.5, 0.6) is 0 Å². The molecular formula is C12H20N4O3. The minimum atomic E-state index is -0.312. The first-order valence-electron chi connectivity index (χ1n) is 6.58. The second kappa shape index (κ2) is 6.63. The van der Waals surface area contributed by atoms with Crippen LogP contribution in [0.1, 0.15) is 36.3 Å². The van der Waals surface area contributed by atoms with Crippen LogP contribution in [0, 0.1) is 0 Å². The quantitative estimate of drug-likeness (QED) is 0.825. The van der Waals surface area contributed by atoms with Crippen LogP contribution in [0.3, 0.4) is 0 Å². The summed E-state index contributed by atoms with van der Waals surface area (Å²) in [7, 11) is 0. The van der Waals surface area contributed by atoms with E-state index in [1.807, 2.05) is 13.8 Å². The molecule has 2 heterocycles. The number of hydrogen-bond acceptors (Lipinski definition) is 6. The highest BCUT2D eigenvalue weighted by Gasteiger charge is 2.16. The molecule has 1 aliphatic rings. The first kappa shape index (κ1) is 14.0. The highest BCUT2D eigenvalue weighted by Crippen LogP contribution is 2.11. The molecule has 1 N–H and O–H groups in total. The van der Waals surface area contributed by atoms with Crippen molar-refractivity contribution in [2.24, 2.45) is 0 Å². The average molecular weight is 268 g/mol. The number of hydrogen-bond donors (Lipinski definition) is 1. The maximum absolute atomic E-state index is 11.8. The van der Waals surface area contributed by atoms with E-state index in [4.69, 9.17) is 9.15 Å². The van der Waals surface area contributed by atoms with E-state index >= 15 is 0 Å². The van der Waals surface area contributed by atoms with Gasteiger partial charge < -0.3 is 14.5 Å². The van der Waals surface area contributed by atoms with Crippen molar-refractivity contribution in [2.75, 3.05) is 39.4 Å². The van der Waals surface area contributed by atoms with Crippen LogP contribution in [0.4, 0.5) is 0 Å². The Bertz CT molecular complexity index is 413. The summed E-state index contributed by atoms with van der Waals surface area (Å²) in [6, 6.07) is 0. The van der Waals surface area contributed by atoms with E-state index in [9.17, 15) is 4.79 Å². The lowest BCUT2D eigenvalue weighted by Gasteiger charge is -2.26. The van der Waals surface area contributed by atoms with Crippen LogP contribution in [0.15, 0.2) is 4.42 Å². The largest absolute Gasteiger partial charge is 0.417 e. The second-order valence-corrected chi connectivity index (χ2v) is 4.81. The number of nitrogens with zero attached hydrogens (tertiary/aromatic N) is 3. The van der Waals surface area contributed by atoms with E-state index in [0.29, 0.717) is 12.4 Å². The number of aromatic nitrogens is 2. The van der Waals surface area contributed by atoms with Gasteiger partial charge >= 0.3 is 11.8 Å². The van der Waals surface area contributed by atoms with E-state index < -0.39 is 0 Å². The Morgan fingerprint density at radius 2 is 2.11 bits per heavy atom. The van der Waals surface area contributed by atoms with Crippen LogP contribution < -0.4 is 5.32 Å². The number of carbonyl (C=O) groups excluding carboxylic acids is 1. The minimum absolute atomic E-state index is 0.0330. The maximum Gasteiger partial charge on any atom is 0.308 e. The van der Waals surface area contributed by atoms with Crippen molar-refractivity contribution in [2.45, 2.75) is 19.8 Å². The fraction of sp³-hybridized carbons (Fsp3) is 0.750. The summed E-state index contributed by atoms with van der Waals surface area (Å²) in [5, 5.41) is 10.4. The third kappa shape index (κ3) is 4.00. The van der Waals surface area contributed by atoms with Crippen LogP contribution in [-0.4, -0.2) is 60.4 Å². The summed E-state index contributed by atoms with van der Waals surface area (Å²) in [5.74, 6) is 0.332. The molecular weight excluding hydrogens is 248 g/mol. The lowest BCUT2D eigenvalue weighted by Crippen LogP contribution is -2.41. The molecule has 0 bridgehead atoms. The molecule has 1 saturated heterocycles. The summed E-state index contributed by atoms with van der Waals surface area (Å²) in [4.78, 5) is 14.0. The number of nitrogens with one attached hydrogen (secondary N) is 1. The fourth-order valence-electron chi connectivity index (χ4n) is 1.79. The zero-order valence-corrected chi connectivity index (χ0v) is 11.4. The van der Waals surface area contributed by atoms with Crippen molar-refractivity contribution in [3.8, 4) is 0 Å². The second-order valence-electron chi connectivity index (χ2n) is 4.81. The maximum atomic E-state index is 11.8. The zero-order chi connectivity index (χ0) is 13.7. The number of ether oxygens (including phenoxy) is 1. The molecule has 0 saturated carbocycles. The Balaban J connectivity index is 1.74. The van der Waals surface area contributed by atoms with Gasteiger partial charge in [0.05, 0.1) is 13.2 Å². The molecule has 0 radical (unpaired) electrons. The third-order valence-corrected chi connectivity index (χ3v) is 2.95. The van der Waals surface area contributed by atoms with Crippen LogP contribution in [0.2, 0.25) is 0 Å². The van der Waals surface area contributed by atoms with E-state index in [1.165, 1.54) is 0 Å². The Morgan fingerprint density at radius 1 is 1.37 bits per heavy atom. The predicted molar refractivity (Wildman–Crippen MR) is 68.0 cm³/mol. The molecule has 1 amide bonds. The molecule has 7 heteroatoms. The summed E-state index contributed by atoms with van der Waals surface area (Å²) in [6.07, 6.45) is 0. The van der Waals surface area contributed by atoms with Crippen molar-refractivity contribution >= 4 is 5.91 Å². The van der Waals surface area contributed by atoms with E-state index in [1.54, 1.807) is 0 Å². The van der Waals surface area contributed by atoms with Gasteiger partial charge in [0.15, 0.2) is 0 Å². The monoisotopic (exact) mass is 268 g/mol. The molecule has 0 unspecified atom stereocenters. The Morgan fingerprint density at radius 3 is 2.74 bits per heavy atom. The third-order valence-electron chi connectivity index (χ3n) is 2.95. The molecule has 0 aromatic carbocycles. The molecule has 1 aromatic heterocycles. The number of amides is 1. The van der Waals surface area contributed by atoms with E-state index in [0.717, 1.165) is 32.8 Å². The minimum Gasteiger partial charge on any atom is -0.417 e.